The van der Waals surface area contributed by atoms with Gasteiger partial charge in [-0.25, -0.2) is 4.98 Å². The molecule has 1 aliphatic rings. The molecule has 2 aromatic rings. The van der Waals surface area contributed by atoms with Gasteiger partial charge in [-0.2, -0.15) is 9.97 Å². The highest BCUT2D eigenvalue weighted by molar-refractivity contribution is 5.37. The first-order valence-electron chi connectivity index (χ1n) is 8.04. The Hall–Kier alpha value is -2.57. The van der Waals surface area contributed by atoms with Gasteiger partial charge in [0.25, 0.3) is 0 Å². The van der Waals surface area contributed by atoms with E-state index in [1.807, 2.05) is 18.2 Å². The molecule has 0 atom stereocenters. The van der Waals surface area contributed by atoms with Crippen molar-refractivity contribution < 1.29 is 14.2 Å². The van der Waals surface area contributed by atoms with Crippen molar-refractivity contribution in [3.05, 3.63) is 30.5 Å². The monoisotopic (exact) mass is 330 g/mol. The van der Waals surface area contributed by atoms with Crippen LogP contribution in [0.4, 0.5) is 5.95 Å². The van der Waals surface area contributed by atoms with Crippen molar-refractivity contribution in [3.8, 4) is 17.6 Å². The fraction of sp³-hybridized carbons (Fsp3) is 0.471. The molecule has 3 rings (SSSR count). The third-order valence-electron chi connectivity index (χ3n) is 4.09. The molecule has 2 aromatic heterocycles. The van der Waals surface area contributed by atoms with Gasteiger partial charge in [-0.05, 0) is 24.8 Å². The van der Waals surface area contributed by atoms with Crippen LogP contribution in [0.15, 0.2) is 30.5 Å². The smallest absolute Gasteiger partial charge is 0.231 e. The van der Waals surface area contributed by atoms with Crippen LogP contribution in [0.1, 0.15) is 12.8 Å². The van der Waals surface area contributed by atoms with Crippen molar-refractivity contribution >= 4 is 5.95 Å². The highest BCUT2D eigenvalue weighted by atomic mass is 16.5. The van der Waals surface area contributed by atoms with E-state index >= 15 is 0 Å². The summed E-state index contributed by atoms with van der Waals surface area (Å²) in [4.78, 5) is 15.2. The molecule has 0 radical (unpaired) electrons. The first-order chi connectivity index (χ1) is 11.8. The Bertz CT molecular complexity index is 623. The third kappa shape index (κ3) is 4.04. The van der Waals surface area contributed by atoms with E-state index in [4.69, 9.17) is 14.2 Å². The Morgan fingerprint density at radius 1 is 1.04 bits per heavy atom. The third-order valence-corrected chi connectivity index (χ3v) is 4.09. The van der Waals surface area contributed by atoms with E-state index in [0.29, 0.717) is 36.1 Å². The maximum Gasteiger partial charge on any atom is 0.231 e. The van der Waals surface area contributed by atoms with Crippen molar-refractivity contribution in [2.45, 2.75) is 12.8 Å². The number of anilines is 1. The molecule has 0 bridgehead atoms. The molecule has 0 amide bonds. The van der Waals surface area contributed by atoms with E-state index < -0.39 is 0 Å². The Kier molecular flexibility index (Phi) is 5.30. The first kappa shape index (κ1) is 16.3. The van der Waals surface area contributed by atoms with Gasteiger partial charge in [0.05, 0.1) is 26.9 Å². The number of ether oxygens (including phenoxy) is 3. The van der Waals surface area contributed by atoms with Gasteiger partial charge in [0.15, 0.2) is 0 Å². The van der Waals surface area contributed by atoms with Crippen molar-refractivity contribution in [3.63, 3.8) is 0 Å². The van der Waals surface area contributed by atoms with E-state index in [1.165, 1.54) is 0 Å². The molecule has 0 aromatic carbocycles. The second-order valence-electron chi connectivity index (χ2n) is 5.66. The van der Waals surface area contributed by atoms with E-state index in [-0.39, 0.29) is 0 Å². The summed E-state index contributed by atoms with van der Waals surface area (Å²) >= 11 is 0. The second-order valence-corrected chi connectivity index (χ2v) is 5.66. The fourth-order valence-electron chi connectivity index (χ4n) is 2.68. The number of methoxy groups -OCH3 is 2. The van der Waals surface area contributed by atoms with Gasteiger partial charge in [-0.1, -0.05) is 6.07 Å². The molecular weight excluding hydrogens is 308 g/mol. The number of pyridine rings is 1. The van der Waals surface area contributed by atoms with Crippen LogP contribution in [-0.2, 0) is 0 Å². The standard InChI is InChI=1S/C17H22N4O3/c1-22-15-11-16(23-2)20-17(19-15)21-9-6-13(7-10-21)12-24-14-5-3-4-8-18-14/h3-5,8,11,13H,6-7,9-10,12H2,1-2H3. The average molecular weight is 330 g/mol. The minimum absolute atomic E-state index is 0.510. The van der Waals surface area contributed by atoms with Crippen LogP contribution < -0.4 is 19.1 Å². The molecule has 0 aliphatic carbocycles. The molecule has 0 unspecified atom stereocenters. The van der Waals surface area contributed by atoms with Gasteiger partial charge in [-0.15, -0.1) is 0 Å². The minimum atomic E-state index is 0.510. The predicted molar refractivity (Wildman–Crippen MR) is 89.8 cm³/mol. The summed E-state index contributed by atoms with van der Waals surface area (Å²) in [6.07, 6.45) is 3.79. The average Bonchev–Trinajstić information content (AvgIpc) is 2.67. The molecule has 3 heterocycles. The fourth-order valence-corrected chi connectivity index (χ4v) is 2.68. The van der Waals surface area contributed by atoms with E-state index in [1.54, 1.807) is 26.5 Å². The summed E-state index contributed by atoms with van der Waals surface area (Å²) in [6.45, 7) is 2.45. The molecule has 1 saturated heterocycles. The van der Waals surface area contributed by atoms with Gasteiger partial charge in [-0.3, -0.25) is 0 Å². The largest absolute Gasteiger partial charge is 0.481 e. The number of nitrogens with zero attached hydrogens (tertiary/aromatic N) is 4. The zero-order valence-electron chi connectivity index (χ0n) is 14.0. The molecule has 7 heteroatoms. The highest BCUT2D eigenvalue weighted by Gasteiger charge is 2.22. The first-order valence-corrected chi connectivity index (χ1v) is 8.04. The molecule has 0 spiro atoms. The Morgan fingerprint density at radius 3 is 2.33 bits per heavy atom. The van der Waals surface area contributed by atoms with Crippen LogP contribution in [0.3, 0.4) is 0 Å². The van der Waals surface area contributed by atoms with Crippen molar-refractivity contribution in [2.75, 3.05) is 38.8 Å². The Labute approximate surface area is 141 Å². The number of hydrogen-bond donors (Lipinski definition) is 0. The van der Waals surface area contributed by atoms with Gasteiger partial charge >= 0.3 is 0 Å². The van der Waals surface area contributed by atoms with Crippen LogP contribution in [0.5, 0.6) is 17.6 Å². The molecule has 128 valence electrons. The number of aromatic nitrogens is 3. The lowest BCUT2D eigenvalue weighted by molar-refractivity contribution is 0.215. The van der Waals surface area contributed by atoms with Crippen LogP contribution in [0.25, 0.3) is 0 Å². The summed E-state index contributed by atoms with van der Waals surface area (Å²) in [5.41, 5.74) is 0. The number of hydrogen-bond acceptors (Lipinski definition) is 7. The van der Waals surface area contributed by atoms with Crippen molar-refractivity contribution in [1.29, 1.82) is 0 Å². The van der Waals surface area contributed by atoms with E-state index in [2.05, 4.69) is 19.9 Å². The van der Waals surface area contributed by atoms with Crippen LogP contribution in [-0.4, -0.2) is 48.9 Å². The summed E-state index contributed by atoms with van der Waals surface area (Å²) in [5, 5.41) is 0. The van der Waals surface area contributed by atoms with Crippen LogP contribution >= 0.6 is 0 Å². The lowest BCUT2D eigenvalue weighted by Gasteiger charge is -2.31. The molecule has 1 aliphatic heterocycles. The normalized spacial score (nSPS) is 15.2. The molecule has 0 N–H and O–H groups in total. The van der Waals surface area contributed by atoms with Gasteiger partial charge in [0.2, 0.25) is 23.6 Å². The quantitative estimate of drug-likeness (QED) is 0.804. The van der Waals surface area contributed by atoms with Crippen molar-refractivity contribution in [1.82, 2.24) is 15.0 Å². The predicted octanol–water partition coefficient (Wildman–Crippen LogP) is 2.18. The van der Waals surface area contributed by atoms with Crippen LogP contribution in [0.2, 0.25) is 0 Å². The van der Waals surface area contributed by atoms with Gasteiger partial charge in [0.1, 0.15) is 0 Å². The summed E-state index contributed by atoms with van der Waals surface area (Å²) < 4.78 is 16.2. The lowest BCUT2D eigenvalue weighted by atomic mass is 9.98. The molecule has 0 saturated carbocycles. The minimum Gasteiger partial charge on any atom is -0.481 e. The zero-order chi connectivity index (χ0) is 16.8. The second kappa shape index (κ2) is 7.81. The Morgan fingerprint density at radius 2 is 1.75 bits per heavy atom. The highest BCUT2D eigenvalue weighted by Crippen LogP contribution is 2.25. The van der Waals surface area contributed by atoms with Crippen molar-refractivity contribution in [2.24, 2.45) is 5.92 Å². The molecule has 7 nitrogen and oxygen atoms in total. The van der Waals surface area contributed by atoms with Gasteiger partial charge < -0.3 is 19.1 Å². The molecule has 1 fully saturated rings. The number of rotatable bonds is 6. The summed E-state index contributed by atoms with van der Waals surface area (Å²) in [7, 11) is 3.18. The maximum atomic E-state index is 5.76. The van der Waals surface area contributed by atoms with E-state index in [9.17, 15) is 0 Å². The summed E-state index contributed by atoms with van der Waals surface area (Å²) in [6, 6.07) is 7.37. The maximum absolute atomic E-state index is 5.76. The zero-order valence-corrected chi connectivity index (χ0v) is 14.0. The lowest BCUT2D eigenvalue weighted by Crippen LogP contribution is -2.36. The van der Waals surface area contributed by atoms with Crippen LogP contribution in [0, 0.1) is 5.92 Å². The molecular formula is C17H22N4O3. The Balaban J connectivity index is 1.55. The summed E-state index contributed by atoms with van der Waals surface area (Å²) in [5.74, 6) is 2.86. The SMILES string of the molecule is COc1cc(OC)nc(N2CCC(COc3ccccn3)CC2)n1. The topological polar surface area (TPSA) is 69.6 Å². The van der Waals surface area contributed by atoms with E-state index in [0.717, 1.165) is 25.9 Å². The molecule has 24 heavy (non-hydrogen) atoms. The number of piperidine rings is 1. The van der Waals surface area contributed by atoms with Gasteiger partial charge in [0, 0.05) is 25.4 Å².